The number of hydrogen-bond donors (Lipinski definition) is 2. The lowest BCUT2D eigenvalue weighted by Gasteiger charge is -2.33. The zero-order valence-corrected chi connectivity index (χ0v) is 18.1. The molecule has 0 fully saturated rings. The third-order valence-corrected chi connectivity index (χ3v) is 4.88. The van der Waals surface area contributed by atoms with Crippen molar-refractivity contribution in [2.75, 3.05) is 6.61 Å². The van der Waals surface area contributed by atoms with Crippen LogP contribution in [0.25, 0.3) is 0 Å². The number of halogens is 1. The van der Waals surface area contributed by atoms with Crippen LogP contribution in [0.4, 0.5) is 9.18 Å². The Morgan fingerprint density at radius 3 is 2.52 bits per heavy atom. The molecule has 6 nitrogen and oxygen atoms in total. The molecule has 0 bridgehead atoms. The summed E-state index contributed by atoms with van der Waals surface area (Å²) >= 11 is 0. The highest BCUT2D eigenvalue weighted by atomic mass is 19.1. The third kappa shape index (κ3) is 4.97. The Labute approximate surface area is 181 Å². The molecule has 3 rings (SSSR count). The van der Waals surface area contributed by atoms with Crippen molar-refractivity contribution >= 4 is 6.03 Å². The van der Waals surface area contributed by atoms with Gasteiger partial charge in [0.15, 0.2) is 11.5 Å². The molecule has 0 saturated heterocycles. The van der Waals surface area contributed by atoms with Crippen molar-refractivity contribution in [2.45, 2.75) is 40.3 Å². The Bertz CT molecular complexity index is 1050. The summed E-state index contributed by atoms with van der Waals surface area (Å²) in [5.74, 6) is 0.569. The van der Waals surface area contributed by atoms with Gasteiger partial charge in [-0.25, -0.2) is 9.18 Å². The molecule has 162 valence electrons. The van der Waals surface area contributed by atoms with E-state index in [0.717, 1.165) is 0 Å². The summed E-state index contributed by atoms with van der Waals surface area (Å²) in [6.07, 6.45) is 0. The lowest BCUT2D eigenvalue weighted by Crippen LogP contribution is -2.46. The second-order valence-electron chi connectivity index (χ2n) is 8.20. The van der Waals surface area contributed by atoms with E-state index in [1.165, 1.54) is 6.07 Å². The van der Waals surface area contributed by atoms with Crippen molar-refractivity contribution < 1.29 is 18.7 Å². The Balaban J connectivity index is 1.95. The van der Waals surface area contributed by atoms with E-state index in [0.29, 0.717) is 40.5 Å². The van der Waals surface area contributed by atoms with Crippen LogP contribution in [0.1, 0.15) is 44.9 Å². The lowest BCUT2D eigenvalue weighted by molar-refractivity contribution is 0.235. The number of nitriles is 1. The smallest absolute Gasteiger partial charge is 0.319 e. The highest BCUT2D eigenvalue weighted by molar-refractivity contribution is 5.80. The zero-order chi connectivity index (χ0) is 22.6. The molecule has 0 spiro atoms. The van der Waals surface area contributed by atoms with Gasteiger partial charge in [-0.1, -0.05) is 45.0 Å². The van der Waals surface area contributed by atoms with Crippen LogP contribution in [0.3, 0.4) is 0 Å². The fourth-order valence-electron chi connectivity index (χ4n) is 3.39. The molecule has 2 aromatic carbocycles. The van der Waals surface area contributed by atoms with Crippen molar-refractivity contribution in [3.05, 3.63) is 70.7 Å². The Morgan fingerprint density at radius 2 is 1.87 bits per heavy atom. The molecule has 2 aromatic rings. The van der Waals surface area contributed by atoms with Gasteiger partial charge < -0.3 is 20.1 Å². The first-order valence-corrected chi connectivity index (χ1v) is 10.1. The molecule has 31 heavy (non-hydrogen) atoms. The molecule has 0 aliphatic carbocycles. The Hall–Kier alpha value is -3.53. The van der Waals surface area contributed by atoms with Gasteiger partial charge in [-0.3, -0.25) is 0 Å². The maximum Gasteiger partial charge on any atom is 0.319 e. The van der Waals surface area contributed by atoms with E-state index in [4.69, 9.17) is 9.47 Å². The fraction of sp³-hybridized carbons (Fsp3) is 0.333. The molecule has 0 radical (unpaired) electrons. The predicted octanol–water partition coefficient (Wildman–Crippen LogP) is 4.98. The number of urea groups is 1. The number of carbonyl (C=O) groups excluding carboxylic acids is 1. The summed E-state index contributed by atoms with van der Waals surface area (Å²) in [6, 6.07) is 12.9. The largest absolute Gasteiger partial charge is 0.490 e. The normalized spacial score (nSPS) is 16.3. The van der Waals surface area contributed by atoms with Crippen LogP contribution >= 0.6 is 0 Å². The number of rotatable bonds is 6. The SMILES string of the molecule is CCOc1cc([C@H]2NC(=O)NC(C(C)(C)C)=C2C#N)ccc1OCc1ccccc1F. The van der Waals surface area contributed by atoms with Crippen molar-refractivity contribution in [1.29, 1.82) is 5.26 Å². The van der Waals surface area contributed by atoms with Gasteiger partial charge in [-0.2, -0.15) is 5.26 Å². The lowest BCUT2D eigenvalue weighted by atomic mass is 9.84. The zero-order valence-electron chi connectivity index (χ0n) is 18.1. The van der Waals surface area contributed by atoms with E-state index >= 15 is 0 Å². The predicted molar refractivity (Wildman–Crippen MR) is 115 cm³/mol. The van der Waals surface area contributed by atoms with Crippen molar-refractivity contribution in [2.24, 2.45) is 5.41 Å². The average Bonchev–Trinajstić information content (AvgIpc) is 2.73. The quantitative estimate of drug-likeness (QED) is 0.686. The minimum atomic E-state index is -0.618. The maximum atomic E-state index is 13.9. The number of amides is 2. The summed E-state index contributed by atoms with van der Waals surface area (Å²) in [5.41, 5.74) is 1.74. The number of ether oxygens (including phenoxy) is 2. The molecular weight excluding hydrogens is 397 g/mol. The van der Waals surface area contributed by atoms with Crippen molar-refractivity contribution in [3.8, 4) is 17.6 Å². The minimum absolute atomic E-state index is 0.0493. The van der Waals surface area contributed by atoms with Gasteiger partial charge in [-0.05, 0) is 30.7 Å². The highest BCUT2D eigenvalue weighted by Gasteiger charge is 2.34. The number of nitrogens with zero attached hydrogens (tertiary/aromatic N) is 1. The first-order chi connectivity index (χ1) is 14.7. The van der Waals surface area contributed by atoms with Crippen molar-refractivity contribution in [3.63, 3.8) is 0 Å². The molecule has 1 aliphatic heterocycles. The highest BCUT2D eigenvalue weighted by Crippen LogP contribution is 2.37. The van der Waals surface area contributed by atoms with E-state index in [1.807, 2.05) is 27.7 Å². The van der Waals surface area contributed by atoms with Gasteiger partial charge in [0.2, 0.25) is 0 Å². The average molecular weight is 423 g/mol. The summed E-state index contributed by atoms with van der Waals surface area (Å²) in [4.78, 5) is 12.3. The molecule has 2 N–H and O–H groups in total. The summed E-state index contributed by atoms with van der Waals surface area (Å²) < 4.78 is 25.4. The molecule has 2 amide bonds. The number of carbonyl (C=O) groups is 1. The van der Waals surface area contributed by atoms with Gasteiger partial charge in [-0.15, -0.1) is 0 Å². The van der Waals surface area contributed by atoms with Gasteiger partial charge >= 0.3 is 6.03 Å². The summed E-state index contributed by atoms with van der Waals surface area (Å²) in [6.45, 7) is 8.10. The van der Waals surface area contributed by atoms with Gasteiger partial charge in [0.25, 0.3) is 0 Å². The van der Waals surface area contributed by atoms with Crippen LogP contribution in [0, 0.1) is 22.6 Å². The van der Waals surface area contributed by atoms with Crippen LogP contribution in [0.15, 0.2) is 53.7 Å². The number of nitrogens with one attached hydrogen (secondary N) is 2. The van der Waals surface area contributed by atoms with Crippen molar-refractivity contribution in [1.82, 2.24) is 10.6 Å². The molecule has 0 unspecified atom stereocenters. The van der Waals surface area contributed by atoms with E-state index in [1.54, 1.807) is 36.4 Å². The molecule has 0 saturated carbocycles. The molecule has 7 heteroatoms. The molecular formula is C24H26FN3O3. The van der Waals surface area contributed by atoms with E-state index in [2.05, 4.69) is 16.7 Å². The van der Waals surface area contributed by atoms with Crippen LogP contribution in [-0.4, -0.2) is 12.6 Å². The first-order valence-electron chi connectivity index (χ1n) is 10.1. The molecule has 1 heterocycles. The topological polar surface area (TPSA) is 83.4 Å². The third-order valence-electron chi connectivity index (χ3n) is 4.88. The molecule has 1 atom stereocenters. The van der Waals surface area contributed by atoms with Gasteiger partial charge in [0.1, 0.15) is 12.4 Å². The molecule has 0 aromatic heterocycles. The molecule has 1 aliphatic rings. The van der Waals surface area contributed by atoms with Gasteiger partial charge in [0, 0.05) is 16.7 Å². The fourth-order valence-corrected chi connectivity index (χ4v) is 3.39. The number of allylic oxidation sites excluding steroid dienone is 1. The second-order valence-corrected chi connectivity index (χ2v) is 8.20. The van der Waals surface area contributed by atoms with E-state index in [9.17, 15) is 14.4 Å². The van der Waals surface area contributed by atoms with Crippen LogP contribution < -0.4 is 20.1 Å². The summed E-state index contributed by atoms with van der Waals surface area (Å²) in [7, 11) is 0. The van der Waals surface area contributed by atoms with E-state index in [-0.39, 0.29) is 18.5 Å². The number of benzene rings is 2. The van der Waals surface area contributed by atoms with Crippen LogP contribution in [-0.2, 0) is 6.61 Å². The Kier molecular flexibility index (Phi) is 6.50. The van der Waals surface area contributed by atoms with Crippen LogP contribution in [0.5, 0.6) is 11.5 Å². The standard InChI is InChI=1S/C24H26FN3O3/c1-5-30-20-12-15(10-11-19(20)31-14-16-8-6-7-9-18(16)25)21-17(13-26)22(24(2,3)4)28-23(29)27-21/h6-12,21H,5,14H2,1-4H3,(H2,27,28,29)/t21-/m1/s1. The summed E-state index contributed by atoms with van der Waals surface area (Å²) in [5, 5.41) is 15.4. The van der Waals surface area contributed by atoms with Crippen LogP contribution in [0.2, 0.25) is 0 Å². The Morgan fingerprint density at radius 1 is 1.13 bits per heavy atom. The van der Waals surface area contributed by atoms with E-state index < -0.39 is 11.5 Å². The monoisotopic (exact) mass is 423 g/mol. The first kappa shape index (κ1) is 22.2. The van der Waals surface area contributed by atoms with Gasteiger partial charge in [0.05, 0.1) is 24.3 Å². The maximum absolute atomic E-state index is 13.9. The second kappa shape index (κ2) is 9.09. The number of hydrogen-bond acceptors (Lipinski definition) is 4. The minimum Gasteiger partial charge on any atom is -0.490 e.